The van der Waals surface area contributed by atoms with Crippen LogP contribution in [0.2, 0.25) is 0 Å². The van der Waals surface area contributed by atoms with E-state index < -0.39 is 5.54 Å². The van der Waals surface area contributed by atoms with Crippen LogP contribution in [0.4, 0.5) is 0 Å². The summed E-state index contributed by atoms with van der Waals surface area (Å²) in [5, 5.41) is 13.1. The van der Waals surface area contributed by atoms with E-state index in [1.54, 1.807) is 14.0 Å². The lowest BCUT2D eigenvalue weighted by Crippen LogP contribution is -2.47. The van der Waals surface area contributed by atoms with E-state index >= 15 is 0 Å². The highest BCUT2D eigenvalue weighted by molar-refractivity contribution is 7.99. The maximum absolute atomic E-state index is 12.5. The maximum Gasteiger partial charge on any atom is 0.231 e. The third kappa shape index (κ3) is 3.94. The Morgan fingerprint density at radius 1 is 1.31 bits per heavy atom. The molecular formula is C22H22N4O2S. The van der Waals surface area contributed by atoms with E-state index in [0.29, 0.717) is 0 Å². The molecule has 1 unspecified atom stereocenters. The van der Waals surface area contributed by atoms with E-state index in [4.69, 9.17) is 9.72 Å². The molecule has 1 N–H and O–H groups in total. The van der Waals surface area contributed by atoms with Gasteiger partial charge in [-0.2, -0.15) is 5.26 Å². The van der Waals surface area contributed by atoms with Crippen LogP contribution in [0.25, 0.3) is 16.7 Å². The predicted molar refractivity (Wildman–Crippen MR) is 113 cm³/mol. The number of imidazole rings is 1. The molecule has 1 heterocycles. The summed E-state index contributed by atoms with van der Waals surface area (Å²) in [7, 11) is 1.64. The van der Waals surface area contributed by atoms with E-state index in [9.17, 15) is 10.1 Å². The minimum Gasteiger partial charge on any atom is -0.497 e. The van der Waals surface area contributed by atoms with Crippen LogP contribution < -0.4 is 10.1 Å². The molecule has 0 radical (unpaired) electrons. The number of hydrogen-bond acceptors (Lipinski definition) is 5. The SMILES string of the molecule is COc1ccc(-n2c(SCC(=O)NC(C)(C#N)C3CC3)nc3ccccc32)cc1. The van der Waals surface area contributed by atoms with Crippen molar-refractivity contribution in [3.63, 3.8) is 0 Å². The van der Waals surface area contributed by atoms with Gasteiger partial charge in [-0.15, -0.1) is 0 Å². The van der Waals surface area contributed by atoms with E-state index in [0.717, 1.165) is 40.5 Å². The van der Waals surface area contributed by atoms with Crippen LogP contribution in [0.5, 0.6) is 5.75 Å². The number of amides is 1. The summed E-state index contributed by atoms with van der Waals surface area (Å²) >= 11 is 1.37. The summed E-state index contributed by atoms with van der Waals surface area (Å²) in [5.74, 6) is 1.08. The largest absolute Gasteiger partial charge is 0.497 e. The number of para-hydroxylation sites is 2. The minimum atomic E-state index is -0.784. The molecule has 1 atom stereocenters. The van der Waals surface area contributed by atoms with Gasteiger partial charge in [0.15, 0.2) is 5.16 Å². The van der Waals surface area contributed by atoms with Gasteiger partial charge in [-0.05, 0) is 62.1 Å². The standard InChI is InChI=1S/C22H22N4O2S/c1-22(14-23,15-7-8-15)25-20(27)13-29-21-24-18-5-3-4-6-19(18)26(21)16-9-11-17(28-2)12-10-16/h3-6,9-12,15H,7-8,13H2,1-2H3,(H,25,27). The number of hydrogen-bond donors (Lipinski definition) is 1. The van der Waals surface area contributed by atoms with Gasteiger partial charge in [0, 0.05) is 5.69 Å². The van der Waals surface area contributed by atoms with Crippen molar-refractivity contribution >= 4 is 28.7 Å². The van der Waals surface area contributed by atoms with Gasteiger partial charge in [0.1, 0.15) is 11.3 Å². The van der Waals surface area contributed by atoms with Crippen LogP contribution >= 0.6 is 11.8 Å². The zero-order valence-electron chi connectivity index (χ0n) is 16.4. The minimum absolute atomic E-state index is 0.153. The molecular weight excluding hydrogens is 384 g/mol. The third-order valence-electron chi connectivity index (χ3n) is 5.22. The van der Waals surface area contributed by atoms with Crippen molar-refractivity contribution in [3.8, 4) is 17.5 Å². The van der Waals surface area contributed by atoms with Crippen LogP contribution in [0.3, 0.4) is 0 Å². The second-order valence-electron chi connectivity index (χ2n) is 7.34. The summed E-state index contributed by atoms with van der Waals surface area (Å²) < 4.78 is 7.29. The molecule has 148 valence electrons. The van der Waals surface area contributed by atoms with Crippen LogP contribution in [-0.2, 0) is 4.79 Å². The summed E-state index contributed by atoms with van der Waals surface area (Å²) in [4.78, 5) is 17.3. The molecule has 0 aliphatic heterocycles. The number of rotatable bonds is 7. The average molecular weight is 407 g/mol. The summed E-state index contributed by atoms with van der Waals surface area (Å²) in [6, 6.07) is 17.9. The molecule has 0 bridgehead atoms. The van der Waals surface area contributed by atoms with Gasteiger partial charge in [-0.3, -0.25) is 9.36 Å². The van der Waals surface area contributed by atoms with Gasteiger partial charge in [0.05, 0.1) is 30.0 Å². The number of nitrogens with zero attached hydrogens (tertiary/aromatic N) is 3. The van der Waals surface area contributed by atoms with Crippen LogP contribution in [0, 0.1) is 17.2 Å². The fraction of sp³-hybridized carbons (Fsp3) is 0.318. The molecule has 1 saturated carbocycles. The van der Waals surface area contributed by atoms with E-state index in [1.165, 1.54) is 11.8 Å². The first-order valence-corrected chi connectivity index (χ1v) is 10.5. The van der Waals surface area contributed by atoms with Crippen LogP contribution in [0.1, 0.15) is 19.8 Å². The highest BCUT2D eigenvalue weighted by atomic mass is 32.2. The molecule has 1 aliphatic carbocycles. The molecule has 29 heavy (non-hydrogen) atoms. The molecule has 3 aromatic rings. The fourth-order valence-electron chi connectivity index (χ4n) is 3.42. The first-order valence-electron chi connectivity index (χ1n) is 9.51. The topological polar surface area (TPSA) is 79.9 Å². The van der Waals surface area contributed by atoms with Crippen molar-refractivity contribution < 1.29 is 9.53 Å². The summed E-state index contributed by atoms with van der Waals surface area (Å²) in [6.45, 7) is 1.81. The Kier molecular flexibility index (Phi) is 5.20. The number of fused-ring (bicyclic) bond motifs is 1. The van der Waals surface area contributed by atoms with Crippen molar-refractivity contribution in [3.05, 3.63) is 48.5 Å². The van der Waals surface area contributed by atoms with Gasteiger partial charge in [0.25, 0.3) is 0 Å². The number of nitriles is 1. The Balaban J connectivity index is 1.58. The summed E-state index contributed by atoms with van der Waals surface area (Å²) in [6.07, 6.45) is 1.98. The van der Waals surface area contributed by atoms with Crippen molar-refractivity contribution in [2.75, 3.05) is 12.9 Å². The summed E-state index contributed by atoms with van der Waals surface area (Å²) in [5.41, 5.74) is 2.00. The van der Waals surface area contributed by atoms with Crippen molar-refractivity contribution in [2.24, 2.45) is 5.92 Å². The Bertz CT molecular complexity index is 1080. The molecule has 7 heteroatoms. The zero-order valence-corrected chi connectivity index (χ0v) is 17.2. The number of thioether (sulfide) groups is 1. The van der Waals surface area contributed by atoms with Crippen molar-refractivity contribution in [1.29, 1.82) is 5.26 Å². The Labute approximate surface area is 173 Å². The lowest BCUT2D eigenvalue weighted by atomic mass is 9.98. The number of carbonyl (C=O) groups is 1. The molecule has 6 nitrogen and oxygen atoms in total. The van der Waals surface area contributed by atoms with Crippen molar-refractivity contribution in [1.82, 2.24) is 14.9 Å². The molecule has 1 fully saturated rings. The Morgan fingerprint density at radius 3 is 2.69 bits per heavy atom. The van der Waals surface area contributed by atoms with E-state index in [1.807, 2.05) is 53.1 Å². The highest BCUT2D eigenvalue weighted by Crippen LogP contribution is 2.39. The number of aromatic nitrogens is 2. The fourth-order valence-corrected chi connectivity index (χ4v) is 4.25. The monoisotopic (exact) mass is 406 g/mol. The first-order chi connectivity index (χ1) is 14.0. The lowest BCUT2D eigenvalue weighted by molar-refractivity contribution is -0.119. The third-order valence-corrected chi connectivity index (χ3v) is 6.16. The quantitative estimate of drug-likeness (QED) is 0.601. The molecule has 1 aromatic heterocycles. The molecule has 2 aromatic carbocycles. The molecule has 4 rings (SSSR count). The van der Waals surface area contributed by atoms with E-state index in [-0.39, 0.29) is 17.6 Å². The predicted octanol–water partition coefficient (Wildman–Crippen LogP) is 3.93. The normalized spacial score (nSPS) is 15.5. The lowest BCUT2D eigenvalue weighted by Gasteiger charge is -2.22. The Morgan fingerprint density at radius 2 is 2.03 bits per heavy atom. The number of benzene rings is 2. The molecule has 1 aliphatic rings. The van der Waals surface area contributed by atoms with Gasteiger partial charge < -0.3 is 10.1 Å². The van der Waals surface area contributed by atoms with Gasteiger partial charge >= 0.3 is 0 Å². The highest BCUT2D eigenvalue weighted by Gasteiger charge is 2.42. The molecule has 0 spiro atoms. The smallest absolute Gasteiger partial charge is 0.231 e. The van der Waals surface area contributed by atoms with Crippen LogP contribution in [0.15, 0.2) is 53.7 Å². The zero-order chi connectivity index (χ0) is 20.4. The molecule has 1 amide bonds. The van der Waals surface area contributed by atoms with E-state index in [2.05, 4.69) is 11.4 Å². The van der Waals surface area contributed by atoms with Crippen LogP contribution in [-0.4, -0.2) is 33.9 Å². The van der Waals surface area contributed by atoms with Crippen molar-refractivity contribution in [2.45, 2.75) is 30.5 Å². The molecule has 0 saturated heterocycles. The number of ether oxygens (including phenoxy) is 1. The van der Waals surface area contributed by atoms with Gasteiger partial charge in [-0.1, -0.05) is 23.9 Å². The first kappa shape index (κ1) is 19.3. The average Bonchev–Trinajstić information content (AvgIpc) is 3.54. The number of nitrogens with one attached hydrogen (secondary N) is 1. The number of carbonyl (C=O) groups excluding carboxylic acids is 1. The Hall–Kier alpha value is -2.98. The van der Waals surface area contributed by atoms with Gasteiger partial charge in [0.2, 0.25) is 5.91 Å². The second-order valence-corrected chi connectivity index (χ2v) is 8.28. The second kappa shape index (κ2) is 7.80. The van der Waals surface area contributed by atoms with Gasteiger partial charge in [-0.25, -0.2) is 4.98 Å². The maximum atomic E-state index is 12.5. The number of methoxy groups -OCH3 is 1.